The first-order valence-electron chi connectivity index (χ1n) is 18.0. The Balaban J connectivity index is 1.10. The highest BCUT2D eigenvalue weighted by molar-refractivity contribution is 6.26. The van der Waals surface area contributed by atoms with Crippen molar-refractivity contribution in [1.82, 2.24) is 10.2 Å². The van der Waals surface area contributed by atoms with Crippen molar-refractivity contribution in [3.8, 4) is 0 Å². The van der Waals surface area contributed by atoms with Crippen LogP contribution in [-0.4, -0.2) is 119 Å². The molecule has 15 heteroatoms. The molecule has 1 unspecified atom stereocenters. The maximum absolute atomic E-state index is 13.2. The van der Waals surface area contributed by atoms with Crippen LogP contribution in [0.3, 0.4) is 0 Å². The summed E-state index contributed by atoms with van der Waals surface area (Å²) in [7, 11) is 0. The molecule has 0 aliphatic carbocycles. The van der Waals surface area contributed by atoms with Gasteiger partial charge in [-0.25, -0.2) is 0 Å². The van der Waals surface area contributed by atoms with E-state index in [2.05, 4.69) is 17.6 Å². The van der Waals surface area contributed by atoms with E-state index in [1.165, 1.54) is 6.07 Å². The lowest BCUT2D eigenvalue weighted by Crippen LogP contribution is -2.54. The van der Waals surface area contributed by atoms with Crippen molar-refractivity contribution in [1.29, 1.82) is 0 Å². The quantitative estimate of drug-likeness (QED) is 0.0734. The second kappa shape index (κ2) is 24.4. The zero-order chi connectivity index (χ0) is 36.7. The van der Waals surface area contributed by atoms with E-state index >= 15 is 0 Å². The summed E-state index contributed by atoms with van der Waals surface area (Å²) < 4.78 is 32.5. The van der Waals surface area contributed by atoms with Crippen LogP contribution in [0.5, 0.6) is 0 Å². The molecule has 0 bridgehead atoms. The van der Waals surface area contributed by atoms with Crippen LogP contribution in [0.4, 0.5) is 5.69 Å². The van der Waals surface area contributed by atoms with E-state index in [0.717, 1.165) is 43.4 Å². The molecule has 2 aliphatic rings. The second-order valence-corrected chi connectivity index (χ2v) is 12.1. The number of esters is 1. The number of rotatable bonds is 28. The minimum Gasteiger partial charge on any atom is -0.463 e. The Kier molecular flexibility index (Phi) is 20.0. The number of hydrogen-bond acceptors (Lipinski definition) is 12. The number of amides is 5. The lowest BCUT2D eigenvalue weighted by Gasteiger charge is -2.27. The summed E-state index contributed by atoms with van der Waals surface area (Å²) in [5.74, 6) is -2.89. The largest absolute Gasteiger partial charge is 0.463 e. The smallest absolute Gasteiger partial charge is 0.305 e. The fourth-order valence-electron chi connectivity index (χ4n) is 5.46. The molecule has 3 rings (SSSR count). The standard InChI is InChI=1S/C36H53N3O12/c1-2-3-4-7-13-32(42)51-26-25-50-24-23-49-22-21-48-20-19-47-18-17-46-16-8-5-6-12-30(40)37-28-11-9-10-27-33(28)36(45)39(35(27)44)29-14-15-31(41)38-34(29)43/h9-11,29H,2-8,12-26H2,1H3,(H,37,40)(H,38,41,43). The Morgan fingerprint density at radius 1 is 0.725 bits per heavy atom. The lowest BCUT2D eigenvalue weighted by molar-refractivity contribution is -0.145. The maximum Gasteiger partial charge on any atom is 0.305 e. The van der Waals surface area contributed by atoms with Gasteiger partial charge in [0.05, 0.1) is 76.3 Å². The molecule has 2 aliphatic heterocycles. The van der Waals surface area contributed by atoms with Gasteiger partial charge in [-0.3, -0.25) is 39.0 Å². The van der Waals surface area contributed by atoms with Crippen molar-refractivity contribution >= 4 is 41.2 Å². The molecule has 1 aromatic rings. The van der Waals surface area contributed by atoms with Gasteiger partial charge in [0.15, 0.2) is 0 Å². The Bertz CT molecular complexity index is 1290. The van der Waals surface area contributed by atoms with Crippen molar-refractivity contribution in [2.45, 2.75) is 83.6 Å². The summed E-state index contributed by atoms with van der Waals surface area (Å²) in [6.07, 6.45) is 7.12. The predicted molar refractivity (Wildman–Crippen MR) is 184 cm³/mol. The number of unbranched alkanes of at least 4 members (excludes halogenated alkanes) is 5. The van der Waals surface area contributed by atoms with Crippen LogP contribution in [0, 0.1) is 0 Å². The van der Waals surface area contributed by atoms with Crippen molar-refractivity contribution in [3.63, 3.8) is 0 Å². The highest BCUT2D eigenvalue weighted by Gasteiger charge is 2.45. The normalized spacial score (nSPS) is 15.6. The first kappa shape index (κ1) is 41.7. The number of anilines is 1. The molecule has 1 aromatic carbocycles. The zero-order valence-electron chi connectivity index (χ0n) is 29.7. The summed E-state index contributed by atoms with van der Waals surface area (Å²) in [5.41, 5.74) is 0.381. The SMILES string of the molecule is CCCCCCC(=O)OCCOCCOCCOCCOCCOCCCCCC(=O)Nc1cccc2c1C(=O)N(C1CCC(=O)NC1=O)C2=O. The monoisotopic (exact) mass is 719 g/mol. The third-order valence-electron chi connectivity index (χ3n) is 8.15. The Labute approximate surface area is 299 Å². The molecule has 2 heterocycles. The molecule has 1 fully saturated rings. The van der Waals surface area contributed by atoms with Crippen molar-refractivity contribution < 1.29 is 57.2 Å². The summed E-state index contributed by atoms with van der Waals surface area (Å²) in [6.45, 7) is 6.80. The topological polar surface area (TPSA) is 185 Å². The van der Waals surface area contributed by atoms with E-state index in [0.29, 0.717) is 78.9 Å². The van der Waals surface area contributed by atoms with Crippen LogP contribution in [-0.2, 0) is 47.6 Å². The number of benzene rings is 1. The summed E-state index contributed by atoms with van der Waals surface area (Å²) in [5, 5.41) is 4.90. The number of hydrogen-bond donors (Lipinski definition) is 2. The molecule has 0 radical (unpaired) electrons. The van der Waals surface area contributed by atoms with Gasteiger partial charge in [0.2, 0.25) is 17.7 Å². The van der Waals surface area contributed by atoms with Crippen LogP contribution in [0.15, 0.2) is 18.2 Å². The minimum absolute atomic E-state index is 0.0290. The van der Waals surface area contributed by atoms with Gasteiger partial charge in [0.1, 0.15) is 12.6 Å². The molecule has 2 N–H and O–H groups in total. The molecule has 284 valence electrons. The van der Waals surface area contributed by atoms with Gasteiger partial charge in [0, 0.05) is 25.9 Å². The van der Waals surface area contributed by atoms with Crippen LogP contribution in [0.1, 0.15) is 98.3 Å². The number of imide groups is 2. The lowest BCUT2D eigenvalue weighted by atomic mass is 10.0. The van der Waals surface area contributed by atoms with Crippen molar-refractivity contribution in [2.24, 2.45) is 0 Å². The summed E-state index contributed by atoms with van der Waals surface area (Å²) >= 11 is 0. The van der Waals surface area contributed by atoms with Gasteiger partial charge in [-0.05, 0) is 37.8 Å². The number of piperidine rings is 1. The average molecular weight is 720 g/mol. The van der Waals surface area contributed by atoms with Gasteiger partial charge < -0.3 is 33.7 Å². The number of ether oxygens (including phenoxy) is 6. The van der Waals surface area contributed by atoms with E-state index in [1.54, 1.807) is 12.1 Å². The van der Waals surface area contributed by atoms with Crippen LogP contribution in [0.25, 0.3) is 0 Å². The number of fused-ring (bicyclic) bond motifs is 1. The molecular formula is C36H53N3O12. The zero-order valence-corrected chi connectivity index (χ0v) is 29.7. The van der Waals surface area contributed by atoms with Crippen LogP contribution < -0.4 is 10.6 Å². The predicted octanol–water partition coefficient (Wildman–Crippen LogP) is 3.18. The molecule has 15 nitrogen and oxygen atoms in total. The van der Waals surface area contributed by atoms with Gasteiger partial charge in [-0.2, -0.15) is 0 Å². The molecule has 0 aromatic heterocycles. The first-order valence-corrected chi connectivity index (χ1v) is 18.0. The highest BCUT2D eigenvalue weighted by atomic mass is 16.6. The van der Waals surface area contributed by atoms with E-state index in [9.17, 15) is 28.8 Å². The van der Waals surface area contributed by atoms with Gasteiger partial charge >= 0.3 is 5.97 Å². The molecule has 51 heavy (non-hydrogen) atoms. The number of nitrogens with zero attached hydrogens (tertiary/aromatic N) is 1. The second-order valence-electron chi connectivity index (χ2n) is 12.1. The third-order valence-corrected chi connectivity index (χ3v) is 8.15. The van der Waals surface area contributed by atoms with Gasteiger partial charge in [-0.15, -0.1) is 0 Å². The summed E-state index contributed by atoms with van der Waals surface area (Å²) in [6, 6.07) is 3.53. The van der Waals surface area contributed by atoms with Crippen molar-refractivity contribution in [2.75, 3.05) is 78.0 Å². The average Bonchev–Trinajstić information content (AvgIpc) is 3.36. The number of carbonyl (C=O) groups is 6. The first-order chi connectivity index (χ1) is 24.8. The maximum atomic E-state index is 13.2. The van der Waals surface area contributed by atoms with E-state index < -0.39 is 29.7 Å². The molecule has 5 amide bonds. The fraction of sp³-hybridized carbons (Fsp3) is 0.667. The van der Waals surface area contributed by atoms with Crippen molar-refractivity contribution in [3.05, 3.63) is 29.3 Å². The fourth-order valence-corrected chi connectivity index (χ4v) is 5.46. The summed E-state index contributed by atoms with van der Waals surface area (Å²) in [4.78, 5) is 75.0. The highest BCUT2D eigenvalue weighted by Crippen LogP contribution is 2.32. The molecule has 0 spiro atoms. The number of nitrogens with one attached hydrogen (secondary N) is 2. The molecule has 1 saturated heterocycles. The molecular weight excluding hydrogens is 666 g/mol. The Morgan fingerprint density at radius 2 is 1.31 bits per heavy atom. The number of carbonyl (C=O) groups excluding carboxylic acids is 6. The molecule has 1 atom stereocenters. The van der Waals surface area contributed by atoms with E-state index in [4.69, 9.17) is 28.4 Å². The van der Waals surface area contributed by atoms with E-state index in [-0.39, 0.29) is 54.6 Å². The minimum atomic E-state index is -1.07. The Morgan fingerprint density at radius 3 is 1.94 bits per heavy atom. The van der Waals surface area contributed by atoms with Gasteiger partial charge in [0.25, 0.3) is 11.8 Å². The molecule has 0 saturated carbocycles. The van der Waals surface area contributed by atoms with Crippen LogP contribution in [0.2, 0.25) is 0 Å². The third kappa shape index (κ3) is 15.2. The van der Waals surface area contributed by atoms with E-state index in [1.807, 2.05) is 0 Å². The Hall–Kier alpha value is -3.76. The van der Waals surface area contributed by atoms with Crippen LogP contribution >= 0.6 is 0 Å². The van der Waals surface area contributed by atoms with Gasteiger partial charge in [-0.1, -0.05) is 38.7 Å².